The van der Waals surface area contributed by atoms with Crippen molar-refractivity contribution in [3.8, 4) is 0 Å². The Morgan fingerprint density at radius 3 is 2.64 bits per heavy atom. The fraction of sp³-hybridized carbons (Fsp3) is 1.00. The molecule has 0 aromatic carbocycles. The summed E-state index contributed by atoms with van der Waals surface area (Å²) in [6, 6.07) is 0. The van der Waals surface area contributed by atoms with Crippen LogP contribution in [0.25, 0.3) is 0 Å². The SMILES string of the molecule is COCO[C@H](C)CCCCO. The summed E-state index contributed by atoms with van der Waals surface area (Å²) >= 11 is 0. The quantitative estimate of drug-likeness (QED) is 0.451. The van der Waals surface area contributed by atoms with Crippen LogP contribution in [0.5, 0.6) is 0 Å². The predicted molar refractivity (Wildman–Crippen MR) is 43.4 cm³/mol. The Morgan fingerprint density at radius 2 is 2.09 bits per heavy atom. The standard InChI is InChI=1S/C8H18O3/c1-8(11-7-10-2)5-3-4-6-9/h8-9H,3-7H2,1-2H3/t8-/m1/s1. The number of hydrogen-bond donors (Lipinski definition) is 1. The van der Waals surface area contributed by atoms with Crippen molar-refractivity contribution >= 4 is 0 Å². The third-order valence-corrected chi connectivity index (χ3v) is 1.49. The summed E-state index contributed by atoms with van der Waals surface area (Å²) in [5.74, 6) is 0. The van der Waals surface area contributed by atoms with Gasteiger partial charge in [-0.05, 0) is 26.2 Å². The van der Waals surface area contributed by atoms with Crippen molar-refractivity contribution < 1.29 is 14.6 Å². The molecule has 0 aliphatic heterocycles. The zero-order valence-corrected chi connectivity index (χ0v) is 7.38. The first kappa shape index (κ1) is 10.9. The van der Waals surface area contributed by atoms with E-state index in [1.54, 1.807) is 7.11 Å². The summed E-state index contributed by atoms with van der Waals surface area (Å²) in [6.07, 6.45) is 3.10. The van der Waals surface area contributed by atoms with Crippen LogP contribution in [0.2, 0.25) is 0 Å². The van der Waals surface area contributed by atoms with Crippen molar-refractivity contribution in [2.75, 3.05) is 20.5 Å². The summed E-state index contributed by atoms with van der Waals surface area (Å²) < 4.78 is 9.98. The Balaban J connectivity index is 3.02. The topological polar surface area (TPSA) is 38.7 Å². The van der Waals surface area contributed by atoms with Gasteiger partial charge in [-0.3, -0.25) is 0 Å². The van der Waals surface area contributed by atoms with Crippen LogP contribution >= 0.6 is 0 Å². The third kappa shape index (κ3) is 7.78. The summed E-state index contributed by atoms with van der Waals surface area (Å²) in [7, 11) is 1.61. The maximum Gasteiger partial charge on any atom is 0.146 e. The van der Waals surface area contributed by atoms with Gasteiger partial charge in [-0.1, -0.05) is 0 Å². The van der Waals surface area contributed by atoms with Crippen LogP contribution in [-0.4, -0.2) is 31.7 Å². The molecule has 0 radical (unpaired) electrons. The second-order valence-corrected chi connectivity index (χ2v) is 2.60. The molecule has 0 aliphatic rings. The highest BCUT2D eigenvalue weighted by atomic mass is 16.7. The van der Waals surface area contributed by atoms with Gasteiger partial charge in [-0.2, -0.15) is 0 Å². The van der Waals surface area contributed by atoms with Gasteiger partial charge < -0.3 is 14.6 Å². The lowest BCUT2D eigenvalue weighted by Gasteiger charge is -2.10. The Morgan fingerprint density at radius 1 is 1.36 bits per heavy atom. The van der Waals surface area contributed by atoms with E-state index in [4.69, 9.17) is 14.6 Å². The molecule has 11 heavy (non-hydrogen) atoms. The average Bonchev–Trinajstić information content (AvgIpc) is 2.01. The largest absolute Gasteiger partial charge is 0.396 e. The molecule has 0 saturated carbocycles. The molecule has 0 fully saturated rings. The summed E-state index contributed by atoms with van der Waals surface area (Å²) in [6.45, 7) is 2.65. The van der Waals surface area contributed by atoms with Crippen molar-refractivity contribution in [3.05, 3.63) is 0 Å². The maximum absolute atomic E-state index is 8.49. The Kier molecular flexibility index (Phi) is 7.89. The van der Waals surface area contributed by atoms with E-state index in [0.717, 1.165) is 19.3 Å². The fourth-order valence-electron chi connectivity index (χ4n) is 0.811. The predicted octanol–water partition coefficient (Wildman–Crippen LogP) is 1.16. The molecule has 0 saturated heterocycles. The number of ether oxygens (including phenoxy) is 2. The molecule has 0 bridgehead atoms. The van der Waals surface area contributed by atoms with Crippen molar-refractivity contribution in [2.24, 2.45) is 0 Å². The minimum Gasteiger partial charge on any atom is -0.396 e. The molecule has 3 nitrogen and oxygen atoms in total. The van der Waals surface area contributed by atoms with Crippen LogP contribution < -0.4 is 0 Å². The summed E-state index contributed by atoms with van der Waals surface area (Å²) in [5, 5.41) is 8.49. The van der Waals surface area contributed by atoms with E-state index in [2.05, 4.69) is 0 Å². The highest BCUT2D eigenvalue weighted by Gasteiger charge is 1.99. The van der Waals surface area contributed by atoms with E-state index in [1.807, 2.05) is 6.92 Å². The van der Waals surface area contributed by atoms with Gasteiger partial charge in [0.25, 0.3) is 0 Å². The van der Waals surface area contributed by atoms with E-state index < -0.39 is 0 Å². The molecule has 0 unspecified atom stereocenters. The molecule has 0 aromatic heterocycles. The molecular weight excluding hydrogens is 144 g/mol. The van der Waals surface area contributed by atoms with Gasteiger partial charge in [-0.15, -0.1) is 0 Å². The van der Waals surface area contributed by atoms with Crippen LogP contribution in [0.3, 0.4) is 0 Å². The van der Waals surface area contributed by atoms with Gasteiger partial charge in [-0.25, -0.2) is 0 Å². The molecule has 68 valence electrons. The van der Waals surface area contributed by atoms with Crippen molar-refractivity contribution in [3.63, 3.8) is 0 Å². The second-order valence-electron chi connectivity index (χ2n) is 2.60. The highest BCUT2D eigenvalue weighted by molar-refractivity contribution is 4.49. The van der Waals surface area contributed by atoms with E-state index >= 15 is 0 Å². The first-order chi connectivity index (χ1) is 5.31. The monoisotopic (exact) mass is 162 g/mol. The minimum atomic E-state index is 0.237. The Hall–Kier alpha value is -0.120. The first-order valence-electron chi connectivity index (χ1n) is 4.02. The van der Waals surface area contributed by atoms with E-state index in [-0.39, 0.29) is 12.7 Å². The lowest BCUT2D eigenvalue weighted by Crippen LogP contribution is -2.10. The second kappa shape index (κ2) is 7.98. The van der Waals surface area contributed by atoms with Gasteiger partial charge in [0, 0.05) is 13.7 Å². The number of aliphatic hydroxyl groups is 1. The minimum absolute atomic E-state index is 0.237. The Labute approximate surface area is 68.3 Å². The fourth-order valence-corrected chi connectivity index (χ4v) is 0.811. The molecule has 0 rings (SSSR count). The molecule has 3 heteroatoms. The summed E-state index contributed by atoms with van der Waals surface area (Å²) in [5.41, 5.74) is 0. The number of methoxy groups -OCH3 is 1. The summed E-state index contributed by atoms with van der Waals surface area (Å²) in [4.78, 5) is 0. The van der Waals surface area contributed by atoms with Crippen LogP contribution in [0.15, 0.2) is 0 Å². The molecule has 1 N–H and O–H groups in total. The zero-order chi connectivity index (χ0) is 8.53. The molecular formula is C8H18O3. The smallest absolute Gasteiger partial charge is 0.146 e. The van der Waals surface area contributed by atoms with Crippen molar-refractivity contribution in [2.45, 2.75) is 32.3 Å². The third-order valence-electron chi connectivity index (χ3n) is 1.49. The van der Waals surface area contributed by atoms with Crippen molar-refractivity contribution in [1.82, 2.24) is 0 Å². The average molecular weight is 162 g/mol. The Bertz CT molecular complexity index is 75.7. The molecule has 0 amide bonds. The number of hydrogen-bond acceptors (Lipinski definition) is 3. The van der Waals surface area contributed by atoms with E-state index in [9.17, 15) is 0 Å². The van der Waals surface area contributed by atoms with Crippen LogP contribution in [-0.2, 0) is 9.47 Å². The van der Waals surface area contributed by atoms with Crippen molar-refractivity contribution in [1.29, 1.82) is 0 Å². The maximum atomic E-state index is 8.49. The first-order valence-corrected chi connectivity index (χ1v) is 4.02. The molecule has 0 spiro atoms. The van der Waals surface area contributed by atoms with Gasteiger partial charge in [0.05, 0.1) is 6.10 Å². The normalized spacial score (nSPS) is 13.4. The number of unbranched alkanes of at least 4 members (excludes halogenated alkanes) is 1. The lowest BCUT2D eigenvalue weighted by molar-refractivity contribution is -0.0680. The van der Waals surface area contributed by atoms with Crippen LogP contribution in [0, 0.1) is 0 Å². The van der Waals surface area contributed by atoms with Gasteiger partial charge in [0.1, 0.15) is 6.79 Å². The number of aliphatic hydroxyl groups excluding tert-OH is 1. The molecule has 0 aromatic rings. The van der Waals surface area contributed by atoms with Crippen LogP contribution in [0.4, 0.5) is 0 Å². The van der Waals surface area contributed by atoms with E-state index in [1.165, 1.54) is 0 Å². The van der Waals surface area contributed by atoms with Gasteiger partial charge >= 0.3 is 0 Å². The lowest BCUT2D eigenvalue weighted by atomic mass is 10.2. The number of rotatable bonds is 7. The van der Waals surface area contributed by atoms with Crippen LogP contribution in [0.1, 0.15) is 26.2 Å². The van der Waals surface area contributed by atoms with Gasteiger partial charge in [0.15, 0.2) is 0 Å². The molecule has 1 atom stereocenters. The van der Waals surface area contributed by atoms with Gasteiger partial charge in [0.2, 0.25) is 0 Å². The molecule has 0 heterocycles. The molecule has 0 aliphatic carbocycles. The highest BCUT2D eigenvalue weighted by Crippen LogP contribution is 2.03. The van der Waals surface area contributed by atoms with E-state index in [0.29, 0.717) is 6.79 Å². The zero-order valence-electron chi connectivity index (χ0n) is 7.38.